The lowest BCUT2D eigenvalue weighted by atomic mass is 10.2. The van der Waals surface area contributed by atoms with Crippen LogP contribution in [0.1, 0.15) is 5.56 Å². The first-order valence-corrected chi connectivity index (χ1v) is 3.82. The van der Waals surface area contributed by atoms with E-state index in [4.69, 9.17) is 22.6 Å². The van der Waals surface area contributed by atoms with Gasteiger partial charge in [0.25, 0.3) is 0 Å². The SMILES string of the molecule is N#Cc1c(Cl)cnc(OC(F)(F)F)c1N. The van der Waals surface area contributed by atoms with Crippen LogP contribution in [0.25, 0.3) is 0 Å². The van der Waals surface area contributed by atoms with E-state index in [9.17, 15) is 13.2 Å². The number of nitriles is 1. The summed E-state index contributed by atoms with van der Waals surface area (Å²) in [5.74, 6) is -0.886. The minimum atomic E-state index is -4.92. The average molecular weight is 238 g/mol. The molecule has 0 aliphatic carbocycles. The topological polar surface area (TPSA) is 71.9 Å². The second-order valence-electron chi connectivity index (χ2n) is 2.36. The van der Waals surface area contributed by atoms with Gasteiger partial charge in [0.1, 0.15) is 17.3 Å². The first kappa shape index (κ1) is 11.4. The van der Waals surface area contributed by atoms with Crippen molar-refractivity contribution in [3.63, 3.8) is 0 Å². The maximum Gasteiger partial charge on any atom is 0.574 e. The number of nitrogen functional groups attached to an aromatic ring is 1. The molecule has 0 aliphatic heterocycles. The van der Waals surface area contributed by atoms with E-state index in [1.165, 1.54) is 0 Å². The van der Waals surface area contributed by atoms with Gasteiger partial charge in [-0.3, -0.25) is 0 Å². The molecule has 0 atom stereocenters. The molecular formula is C7H3ClF3N3O. The quantitative estimate of drug-likeness (QED) is 0.812. The Bertz CT molecular complexity index is 427. The fourth-order valence-electron chi connectivity index (χ4n) is 0.790. The summed E-state index contributed by atoms with van der Waals surface area (Å²) in [5.41, 5.74) is 4.37. The minimum absolute atomic E-state index is 0.135. The molecule has 0 saturated carbocycles. The van der Waals surface area contributed by atoms with Crippen LogP contribution in [0.2, 0.25) is 5.02 Å². The van der Waals surface area contributed by atoms with Gasteiger partial charge in [-0.1, -0.05) is 11.6 Å². The number of anilines is 1. The number of rotatable bonds is 1. The van der Waals surface area contributed by atoms with E-state index in [-0.39, 0.29) is 10.6 Å². The molecule has 1 aromatic rings. The predicted octanol–water partition coefficient (Wildman–Crippen LogP) is 2.09. The molecule has 0 bridgehead atoms. The first-order chi connectivity index (χ1) is 6.85. The summed E-state index contributed by atoms with van der Waals surface area (Å²) in [6.07, 6.45) is -4.06. The van der Waals surface area contributed by atoms with Gasteiger partial charge in [-0.2, -0.15) is 5.26 Å². The summed E-state index contributed by atoms with van der Waals surface area (Å²) in [6, 6.07) is 1.55. The fourth-order valence-corrected chi connectivity index (χ4v) is 0.982. The monoisotopic (exact) mass is 237 g/mol. The Kier molecular flexibility index (Phi) is 2.90. The highest BCUT2D eigenvalue weighted by atomic mass is 35.5. The van der Waals surface area contributed by atoms with Crippen molar-refractivity contribution in [1.29, 1.82) is 5.26 Å². The van der Waals surface area contributed by atoms with E-state index in [0.717, 1.165) is 6.20 Å². The second-order valence-corrected chi connectivity index (χ2v) is 2.77. The maximum absolute atomic E-state index is 11.8. The minimum Gasteiger partial charge on any atom is -0.393 e. The van der Waals surface area contributed by atoms with Crippen molar-refractivity contribution in [3.8, 4) is 11.9 Å². The third-order valence-corrected chi connectivity index (χ3v) is 1.64. The number of ether oxygens (including phenoxy) is 1. The fraction of sp³-hybridized carbons (Fsp3) is 0.143. The van der Waals surface area contributed by atoms with Gasteiger partial charge in [0, 0.05) is 0 Å². The van der Waals surface area contributed by atoms with Gasteiger partial charge in [0.05, 0.1) is 11.2 Å². The van der Waals surface area contributed by atoms with Crippen molar-refractivity contribution in [2.45, 2.75) is 6.36 Å². The number of aromatic nitrogens is 1. The largest absolute Gasteiger partial charge is 0.574 e. The van der Waals surface area contributed by atoms with Crippen molar-refractivity contribution in [1.82, 2.24) is 4.98 Å². The van der Waals surface area contributed by atoms with Crippen molar-refractivity contribution < 1.29 is 17.9 Å². The maximum atomic E-state index is 11.8. The third-order valence-electron chi connectivity index (χ3n) is 1.36. The Morgan fingerprint density at radius 2 is 2.13 bits per heavy atom. The van der Waals surface area contributed by atoms with Crippen LogP contribution in [0.3, 0.4) is 0 Å². The van der Waals surface area contributed by atoms with E-state index < -0.39 is 17.9 Å². The lowest BCUT2D eigenvalue weighted by Crippen LogP contribution is -2.19. The van der Waals surface area contributed by atoms with Crippen molar-refractivity contribution in [3.05, 3.63) is 16.8 Å². The number of nitrogens with zero attached hydrogens (tertiary/aromatic N) is 2. The zero-order valence-electron chi connectivity index (χ0n) is 6.97. The van der Waals surface area contributed by atoms with Gasteiger partial charge in [-0.05, 0) is 0 Å². The molecule has 0 radical (unpaired) electrons. The van der Waals surface area contributed by atoms with Crippen LogP contribution in [0.5, 0.6) is 5.88 Å². The van der Waals surface area contributed by atoms with E-state index in [2.05, 4.69) is 9.72 Å². The summed E-state index contributed by atoms with van der Waals surface area (Å²) >= 11 is 5.47. The molecule has 0 fully saturated rings. The lowest BCUT2D eigenvalue weighted by Gasteiger charge is -2.10. The van der Waals surface area contributed by atoms with Crippen LogP contribution >= 0.6 is 11.6 Å². The van der Waals surface area contributed by atoms with Gasteiger partial charge >= 0.3 is 6.36 Å². The van der Waals surface area contributed by atoms with Crippen LogP contribution in [-0.4, -0.2) is 11.3 Å². The van der Waals surface area contributed by atoms with Crippen LogP contribution in [0.15, 0.2) is 6.20 Å². The van der Waals surface area contributed by atoms with Gasteiger partial charge < -0.3 is 10.5 Å². The number of pyridine rings is 1. The highest BCUT2D eigenvalue weighted by molar-refractivity contribution is 6.32. The van der Waals surface area contributed by atoms with Crippen molar-refractivity contribution in [2.24, 2.45) is 0 Å². The molecule has 0 unspecified atom stereocenters. The molecule has 0 spiro atoms. The van der Waals surface area contributed by atoms with Gasteiger partial charge in [0.2, 0.25) is 5.88 Å². The zero-order chi connectivity index (χ0) is 11.6. The molecule has 0 aromatic carbocycles. The number of halogens is 4. The molecule has 1 aromatic heterocycles. The van der Waals surface area contributed by atoms with Gasteiger partial charge in [0.15, 0.2) is 0 Å². The van der Waals surface area contributed by atoms with Crippen LogP contribution in [0, 0.1) is 11.3 Å². The average Bonchev–Trinajstić information content (AvgIpc) is 2.09. The molecule has 8 heteroatoms. The summed E-state index contributed by atoms with van der Waals surface area (Å²) in [5, 5.41) is 8.41. The Balaban J connectivity index is 3.18. The summed E-state index contributed by atoms with van der Waals surface area (Å²) in [4.78, 5) is 3.22. The molecule has 1 rings (SSSR count). The van der Waals surface area contributed by atoms with E-state index in [0.29, 0.717) is 0 Å². The highest BCUT2D eigenvalue weighted by Crippen LogP contribution is 2.31. The van der Waals surface area contributed by atoms with Crippen LogP contribution in [-0.2, 0) is 0 Å². The number of hydrogen-bond donors (Lipinski definition) is 1. The molecule has 4 nitrogen and oxygen atoms in total. The smallest absolute Gasteiger partial charge is 0.393 e. The zero-order valence-corrected chi connectivity index (χ0v) is 7.73. The Labute approximate surface area is 87.0 Å². The summed E-state index contributed by atoms with van der Waals surface area (Å²) in [6.45, 7) is 0. The van der Waals surface area contributed by atoms with Crippen LogP contribution < -0.4 is 10.5 Å². The number of nitrogens with two attached hydrogens (primary N) is 1. The first-order valence-electron chi connectivity index (χ1n) is 3.45. The molecule has 15 heavy (non-hydrogen) atoms. The highest BCUT2D eigenvalue weighted by Gasteiger charge is 2.33. The molecule has 0 amide bonds. The molecule has 0 aliphatic rings. The summed E-state index contributed by atoms with van der Waals surface area (Å²) in [7, 11) is 0. The molecular weight excluding hydrogens is 235 g/mol. The predicted molar refractivity (Wildman–Crippen MR) is 45.1 cm³/mol. The number of alkyl halides is 3. The summed E-state index contributed by atoms with van der Waals surface area (Å²) < 4.78 is 39.0. The lowest BCUT2D eigenvalue weighted by molar-refractivity contribution is -0.275. The molecule has 1 heterocycles. The Morgan fingerprint density at radius 1 is 1.53 bits per heavy atom. The van der Waals surface area contributed by atoms with Gasteiger partial charge in [-0.15, -0.1) is 13.2 Å². The van der Waals surface area contributed by atoms with Crippen LogP contribution in [0.4, 0.5) is 18.9 Å². The van der Waals surface area contributed by atoms with E-state index in [1.54, 1.807) is 6.07 Å². The Morgan fingerprint density at radius 3 is 2.60 bits per heavy atom. The van der Waals surface area contributed by atoms with Crippen molar-refractivity contribution >= 4 is 17.3 Å². The normalized spacial score (nSPS) is 10.9. The number of hydrogen-bond acceptors (Lipinski definition) is 4. The molecule has 0 saturated heterocycles. The second kappa shape index (κ2) is 3.82. The van der Waals surface area contributed by atoms with E-state index >= 15 is 0 Å². The molecule has 80 valence electrons. The molecule has 2 N–H and O–H groups in total. The van der Waals surface area contributed by atoms with Gasteiger partial charge in [-0.25, -0.2) is 4.98 Å². The third kappa shape index (κ3) is 2.63. The standard InChI is InChI=1S/C7H3ClF3N3O/c8-4-2-14-6(15-7(9,10)11)5(13)3(4)1-12/h2H,13H2. The Hall–Kier alpha value is -1.68. The van der Waals surface area contributed by atoms with E-state index in [1.807, 2.05) is 0 Å². The van der Waals surface area contributed by atoms with Crippen molar-refractivity contribution in [2.75, 3.05) is 5.73 Å².